The Morgan fingerprint density at radius 3 is 2.62 bits per heavy atom. The number of hydrogen-bond donors (Lipinski definition) is 1. The Kier molecular flexibility index (Phi) is 4.77. The van der Waals surface area contributed by atoms with Crippen molar-refractivity contribution in [3.05, 3.63) is 11.6 Å². The molecule has 1 aliphatic carbocycles. The molecule has 0 bridgehead atoms. The van der Waals surface area contributed by atoms with Gasteiger partial charge in [-0.2, -0.15) is 0 Å². The van der Waals surface area contributed by atoms with Gasteiger partial charge in [-0.1, -0.05) is 6.92 Å². The number of aliphatic hydroxyl groups excluding tert-OH is 1. The Balaban J connectivity index is 1.41. The van der Waals surface area contributed by atoms with Crippen LogP contribution < -0.4 is 0 Å². The average Bonchev–Trinajstić information content (AvgIpc) is 3.30. The van der Waals surface area contributed by atoms with Gasteiger partial charge in [0.1, 0.15) is 11.6 Å². The number of hydrogen-bond acceptors (Lipinski definition) is 5. The Bertz CT molecular complexity index is 661. The van der Waals surface area contributed by atoms with Crippen LogP contribution in [0.2, 0.25) is 0 Å². The molecule has 1 aromatic rings. The molecule has 1 aromatic heterocycles. The van der Waals surface area contributed by atoms with Crippen LogP contribution in [-0.4, -0.2) is 67.9 Å². The molecule has 3 aliphatic rings. The zero-order chi connectivity index (χ0) is 18.3. The van der Waals surface area contributed by atoms with Crippen molar-refractivity contribution in [1.82, 2.24) is 24.6 Å². The molecule has 144 valence electrons. The molecule has 0 aromatic carbocycles. The molecule has 1 N–H and O–H groups in total. The molecule has 2 aliphatic heterocycles. The number of aromatic nitrogens is 3. The Morgan fingerprint density at radius 2 is 1.92 bits per heavy atom. The Hall–Kier alpha value is -1.47. The number of amides is 1. The van der Waals surface area contributed by atoms with E-state index in [2.05, 4.69) is 31.5 Å². The lowest BCUT2D eigenvalue weighted by molar-refractivity contribution is -0.137. The monoisotopic (exact) mass is 361 g/mol. The minimum atomic E-state index is -0.152. The fraction of sp³-hybridized carbons (Fsp3) is 0.842. The number of likely N-dealkylation sites (tertiary alicyclic amines) is 2. The van der Waals surface area contributed by atoms with E-state index in [1.165, 1.54) is 0 Å². The highest BCUT2D eigenvalue weighted by molar-refractivity contribution is 5.85. The van der Waals surface area contributed by atoms with Crippen LogP contribution in [0.25, 0.3) is 0 Å². The number of rotatable bonds is 4. The van der Waals surface area contributed by atoms with Crippen molar-refractivity contribution in [3.8, 4) is 0 Å². The zero-order valence-electron chi connectivity index (χ0n) is 16.0. The van der Waals surface area contributed by atoms with E-state index in [4.69, 9.17) is 0 Å². The predicted octanol–water partition coefficient (Wildman–Crippen LogP) is 1.28. The Labute approximate surface area is 155 Å². The van der Waals surface area contributed by atoms with E-state index >= 15 is 0 Å². The molecule has 1 unspecified atom stereocenters. The number of aliphatic hydroxyl groups is 1. The quantitative estimate of drug-likeness (QED) is 0.874. The summed E-state index contributed by atoms with van der Waals surface area (Å²) in [6, 6.07) is 0. The molecule has 7 nitrogen and oxygen atoms in total. The van der Waals surface area contributed by atoms with Crippen LogP contribution in [0.1, 0.15) is 63.0 Å². The highest BCUT2D eigenvalue weighted by Crippen LogP contribution is 2.47. The van der Waals surface area contributed by atoms with Gasteiger partial charge in [0.2, 0.25) is 5.91 Å². The fourth-order valence-electron chi connectivity index (χ4n) is 4.30. The molecule has 7 heteroatoms. The third-order valence-electron chi connectivity index (χ3n) is 6.51. The first kappa shape index (κ1) is 17.9. The van der Waals surface area contributed by atoms with Crippen molar-refractivity contribution in [2.75, 3.05) is 26.2 Å². The third-order valence-corrected chi connectivity index (χ3v) is 6.51. The average molecular weight is 361 g/mol. The number of piperidine rings is 2. The Morgan fingerprint density at radius 1 is 1.19 bits per heavy atom. The molecular weight excluding hydrogens is 330 g/mol. The van der Waals surface area contributed by atoms with Gasteiger partial charge < -0.3 is 14.6 Å². The van der Waals surface area contributed by atoms with Gasteiger partial charge in [0, 0.05) is 44.6 Å². The standard InChI is InChI=1S/C19H31N5O2/c1-19(7-8-19)18(26)24-9-3-4-14(12-24)17-21-20-16(22(17)2)13-23-10-5-15(25)6-11-23/h14-15,25H,3-13H2,1-2H3. The summed E-state index contributed by atoms with van der Waals surface area (Å²) in [5, 5.41) is 18.6. The SMILES string of the molecule is Cn1c(CN2CCC(O)CC2)nnc1C1CCCN(C(=O)C2(C)CC2)C1. The first-order valence-electron chi connectivity index (χ1n) is 10.0. The van der Waals surface area contributed by atoms with Gasteiger partial charge in [0.05, 0.1) is 12.6 Å². The van der Waals surface area contributed by atoms with Gasteiger partial charge in [-0.25, -0.2) is 0 Å². The molecule has 0 radical (unpaired) electrons. The number of carbonyl (C=O) groups excluding carboxylic acids is 1. The summed E-state index contributed by atoms with van der Waals surface area (Å²) in [7, 11) is 2.05. The van der Waals surface area contributed by atoms with Gasteiger partial charge in [-0.3, -0.25) is 9.69 Å². The maximum atomic E-state index is 12.7. The lowest BCUT2D eigenvalue weighted by atomic mass is 9.95. The van der Waals surface area contributed by atoms with Crippen LogP contribution in [-0.2, 0) is 18.4 Å². The highest BCUT2D eigenvalue weighted by atomic mass is 16.3. The molecule has 26 heavy (non-hydrogen) atoms. The lowest BCUT2D eigenvalue weighted by Crippen LogP contribution is -2.43. The van der Waals surface area contributed by atoms with E-state index in [1.807, 2.05) is 7.05 Å². The molecule has 3 fully saturated rings. The summed E-state index contributed by atoms with van der Waals surface area (Å²) >= 11 is 0. The van der Waals surface area contributed by atoms with Gasteiger partial charge in [0.15, 0.2) is 0 Å². The van der Waals surface area contributed by atoms with Crippen LogP contribution in [0.5, 0.6) is 0 Å². The van der Waals surface area contributed by atoms with E-state index < -0.39 is 0 Å². The lowest BCUT2D eigenvalue weighted by Gasteiger charge is -2.34. The minimum absolute atomic E-state index is 0.0915. The first-order valence-corrected chi connectivity index (χ1v) is 10.0. The second-order valence-corrected chi connectivity index (χ2v) is 8.69. The van der Waals surface area contributed by atoms with Crippen molar-refractivity contribution in [3.63, 3.8) is 0 Å². The fourth-order valence-corrected chi connectivity index (χ4v) is 4.30. The maximum Gasteiger partial charge on any atom is 0.228 e. The van der Waals surface area contributed by atoms with Gasteiger partial charge in [-0.15, -0.1) is 10.2 Å². The largest absolute Gasteiger partial charge is 0.393 e. The summed E-state index contributed by atoms with van der Waals surface area (Å²) in [6.45, 7) is 6.35. The number of nitrogens with zero attached hydrogens (tertiary/aromatic N) is 5. The first-order chi connectivity index (χ1) is 12.5. The van der Waals surface area contributed by atoms with E-state index in [0.29, 0.717) is 5.91 Å². The van der Waals surface area contributed by atoms with Gasteiger partial charge in [0.25, 0.3) is 0 Å². The van der Waals surface area contributed by atoms with E-state index in [0.717, 1.165) is 82.9 Å². The summed E-state index contributed by atoms with van der Waals surface area (Å²) in [6.07, 6.45) is 5.70. The number of carbonyl (C=O) groups is 1. The zero-order valence-corrected chi connectivity index (χ0v) is 16.0. The molecule has 1 atom stereocenters. The van der Waals surface area contributed by atoms with Crippen LogP contribution in [0.15, 0.2) is 0 Å². The van der Waals surface area contributed by atoms with Crippen LogP contribution >= 0.6 is 0 Å². The molecule has 4 rings (SSSR count). The summed E-state index contributed by atoms with van der Waals surface area (Å²) < 4.78 is 2.13. The van der Waals surface area contributed by atoms with Crippen molar-refractivity contribution >= 4 is 5.91 Å². The highest BCUT2D eigenvalue weighted by Gasteiger charge is 2.47. The second-order valence-electron chi connectivity index (χ2n) is 8.69. The van der Waals surface area contributed by atoms with Crippen LogP contribution in [0.4, 0.5) is 0 Å². The smallest absolute Gasteiger partial charge is 0.228 e. The second kappa shape index (κ2) is 6.93. The summed E-state index contributed by atoms with van der Waals surface area (Å²) in [5.74, 6) is 2.60. The summed E-state index contributed by atoms with van der Waals surface area (Å²) in [5.41, 5.74) is -0.0915. The van der Waals surface area contributed by atoms with E-state index in [-0.39, 0.29) is 17.4 Å². The van der Waals surface area contributed by atoms with Gasteiger partial charge >= 0.3 is 0 Å². The van der Waals surface area contributed by atoms with Crippen molar-refractivity contribution < 1.29 is 9.90 Å². The molecule has 1 amide bonds. The van der Waals surface area contributed by atoms with Crippen LogP contribution in [0.3, 0.4) is 0 Å². The molecule has 0 spiro atoms. The van der Waals surface area contributed by atoms with Gasteiger partial charge in [-0.05, 0) is 38.5 Å². The third kappa shape index (κ3) is 3.51. The minimum Gasteiger partial charge on any atom is -0.393 e. The van der Waals surface area contributed by atoms with E-state index in [1.54, 1.807) is 0 Å². The summed E-state index contributed by atoms with van der Waals surface area (Å²) in [4.78, 5) is 17.1. The molecular formula is C19H31N5O2. The predicted molar refractivity (Wildman–Crippen MR) is 97.4 cm³/mol. The van der Waals surface area contributed by atoms with Crippen molar-refractivity contribution in [2.24, 2.45) is 12.5 Å². The molecule has 3 heterocycles. The topological polar surface area (TPSA) is 74.5 Å². The molecule has 1 saturated carbocycles. The molecule has 2 saturated heterocycles. The maximum absolute atomic E-state index is 12.7. The van der Waals surface area contributed by atoms with E-state index in [9.17, 15) is 9.90 Å². The van der Waals surface area contributed by atoms with Crippen LogP contribution in [0, 0.1) is 5.41 Å². The van der Waals surface area contributed by atoms with Crippen molar-refractivity contribution in [2.45, 2.75) is 64.0 Å². The normalized spacial score (nSPS) is 26.9. The van der Waals surface area contributed by atoms with Crippen molar-refractivity contribution in [1.29, 1.82) is 0 Å².